The molecule has 0 heterocycles. The molecular formula is C32H26N4O8. The number of carbonyl (C=O) groups excluding carboxylic acids is 2. The number of carbonyl (C=O) groups is 2. The Morgan fingerprint density at radius 3 is 1.41 bits per heavy atom. The van der Waals surface area contributed by atoms with Gasteiger partial charge in [0.1, 0.15) is 11.5 Å². The number of amides is 2. The molecule has 0 aliphatic heterocycles. The molecule has 0 radical (unpaired) electrons. The van der Waals surface area contributed by atoms with E-state index in [2.05, 4.69) is 10.6 Å². The molecule has 0 saturated carbocycles. The predicted octanol–water partition coefficient (Wildman–Crippen LogP) is 6.49. The largest absolute Gasteiger partial charge is 0.495 e. The molecule has 0 aromatic heterocycles. The van der Waals surface area contributed by atoms with Gasteiger partial charge in [-0.2, -0.15) is 0 Å². The molecule has 0 saturated heterocycles. The highest BCUT2D eigenvalue weighted by Gasteiger charge is 2.12. The van der Waals surface area contributed by atoms with Crippen LogP contribution >= 0.6 is 0 Å². The third-order valence-electron chi connectivity index (χ3n) is 6.27. The number of hydrogen-bond acceptors (Lipinski definition) is 8. The van der Waals surface area contributed by atoms with Gasteiger partial charge in [0.05, 0.1) is 35.4 Å². The normalized spacial score (nSPS) is 10.9. The summed E-state index contributed by atoms with van der Waals surface area (Å²) in [5.74, 6) is -0.128. The number of hydrogen-bond donors (Lipinski definition) is 2. The maximum Gasteiger partial charge on any atom is 0.270 e. The molecule has 12 nitrogen and oxygen atoms in total. The van der Waals surface area contributed by atoms with Crippen LogP contribution < -0.4 is 20.1 Å². The molecule has 0 aliphatic rings. The Balaban J connectivity index is 1.46. The summed E-state index contributed by atoms with van der Waals surface area (Å²) in [4.78, 5) is 46.0. The SMILES string of the molecule is COc1cc(-c2ccc(NC(=O)C=Cc3cccc([N+](=O)[O-])c3)c(OC)c2)ccc1NC(=O)C=Cc1cccc([N+](=O)[O-])c1. The van der Waals surface area contributed by atoms with Crippen LogP contribution in [0.1, 0.15) is 11.1 Å². The summed E-state index contributed by atoms with van der Waals surface area (Å²) in [6.45, 7) is 0. The molecule has 2 N–H and O–H groups in total. The number of anilines is 2. The Morgan fingerprint density at radius 2 is 1.05 bits per heavy atom. The summed E-state index contributed by atoms with van der Waals surface area (Å²) in [5.41, 5.74) is 3.17. The van der Waals surface area contributed by atoms with Crippen molar-refractivity contribution in [2.45, 2.75) is 0 Å². The number of methoxy groups -OCH3 is 2. The van der Waals surface area contributed by atoms with E-state index >= 15 is 0 Å². The molecule has 2 amide bonds. The lowest BCUT2D eigenvalue weighted by Crippen LogP contribution is -2.09. The number of ether oxygens (including phenoxy) is 2. The predicted molar refractivity (Wildman–Crippen MR) is 167 cm³/mol. The van der Waals surface area contributed by atoms with Crippen LogP contribution in [0, 0.1) is 20.2 Å². The highest BCUT2D eigenvalue weighted by Crippen LogP contribution is 2.35. The fraction of sp³-hybridized carbons (Fsp3) is 0.0625. The zero-order valence-electron chi connectivity index (χ0n) is 23.6. The lowest BCUT2D eigenvalue weighted by Gasteiger charge is -2.14. The van der Waals surface area contributed by atoms with Crippen molar-refractivity contribution in [3.8, 4) is 22.6 Å². The summed E-state index contributed by atoms with van der Waals surface area (Å²) in [7, 11) is 2.93. The summed E-state index contributed by atoms with van der Waals surface area (Å²) >= 11 is 0. The van der Waals surface area contributed by atoms with Gasteiger partial charge < -0.3 is 20.1 Å². The molecule has 4 aromatic rings. The second-order valence-electron chi connectivity index (χ2n) is 9.18. The number of nitro benzene ring substituents is 2. The molecule has 12 heteroatoms. The van der Waals surface area contributed by atoms with Gasteiger partial charge in [-0.3, -0.25) is 29.8 Å². The topological polar surface area (TPSA) is 163 Å². The van der Waals surface area contributed by atoms with E-state index < -0.39 is 21.7 Å². The molecule has 0 unspecified atom stereocenters. The molecule has 0 aliphatic carbocycles. The smallest absolute Gasteiger partial charge is 0.270 e. The van der Waals surface area contributed by atoms with E-state index in [4.69, 9.17) is 9.47 Å². The molecule has 44 heavy (non-hydrogen) atoms. The zero-order chi connectivity index (χ0) is 31.6. The second-order valence-corrected chi connectivity index (χ2v) is 9.18. The van der Waals surface area contributed by atoms with Gasteiger partial charge in [-0.15, -0.1) is 0 Å². The van der Waals surface area contributed by atoms with Crippen molar-refractivity contribution in [1.29, 1.82) is 0 Å². The Morgan fingerprint density at radius 1 is 0.636 bits per heavy atom. The van der Waals surface area contributed by atoms with Crippen LogP contribution in [0.3, 0.4) is 0 Å². The van der Waals surface area contributed by atoms with E-state index in [0.717, 1.165) is 11.1 Å². The van der Waals surface area contributed by atoms with E-state index in [1.165, 1.54) is 74.9 Å². The van der Waals surface area contributed by atoms with Crippen LogP contribution in [0.25, 0.3) is 23.3 Å². The monoisotopic (exact) mass is 594 g/mol. The number of benzene rings is 4. The average Bonchev–Trinajstić information content (AvgIpc) is 3.03. The van der Waals surface area contributed by atoms with Gasteiger partial charge in [0.25, 0.3) is 11.4 Å². The van der Waals surface area contributed by atoms with Gasteiger partial charge in [0.15, 0.2) is 0 Å². The van der Waals surface area contributed by atoms with Crippen molar-refractivity contribution < 1.29 is 28.9 Å². The first kappa shape index (κ1) is 30.7. The van der Waals surface area contributed by atoms with Crippen LogP contribution in [0.15, 0.2) is 97.1 Å². The van der Waals surface area contributed by atoms with Gasteiger partial charge in [-0.25, -0.2) is 0 Å². The minimum absolute atomic E-state index is 0.0770. The zero-order valence-corrected chi connectivity index (χ0v) is 23.6. The van der Waals surface area contributed by atoms with Gasteiger partial charge in [-0.1, -0.05) is 36.4 Å². The molecule has 222 valence electrons. The molecule has 0 atom stereocenters. The fourth-order valence-electron chi connectivity index (χ4n) is 4.12. The van der Waals surface area contributed by atoms with Crippen LogP contribution in [0.2, 0.25) is 0 Å². The van der Waals surface area contributed by atoms with Crippen molar-refractivity contribution in [3.05, 3.63) is 128 Å². The standard InChI is InChI=1S/C32H26N4O8/c1-43-29-19-23(11-13-27(29)33-31(37)15-9-21-5-3-7-25(17-21)35(39)40)24-12-14-28(30(20-24)44-2)34-32(38)16-10-22-6-4-8-26(18-22)36(41)42/h3-20H,1-2H3,(H,33,37)(H,34,38). The Labute approximate surface area is 251 Å². The molecule has 4 aromatic carbocycles. The quantitative estimate of drug-likeness (QED) is 0.113. The van der Waals surface area contributed by atoms with E-state index in [-0.39, 0.29) is 11.4 Å². The van der Waals surface area contributed by atoms with Gasteiger partial charge in [0, 0.05) is 36.4 Å². The van der Waals surface area contributed by atoms with Crippen LogP contribution in [-0.2, 0) is 9.59 Å². The number of nitrogens with zero attached hydrogens (tertiary/aromatic N) is 2. The highest BCUT2D eigenvalue weighted by atomic mass is 16.6. The Kier molecular flexibility index (Phi) is 9.79. The lowest BCUT2D eigenvalue weighted by atomic mass is 10.0. The van der Waals surface area contributed by atoms with Crippen molar-refractivity contribution >= 4 is 46.7 Å². The van der Waals surface area contributed by atoms with Crippen LogP contribution in [-0.4, -0.2) is 35.9 Å². The molecule has 4 rings (SSSR count). The number of nitrogens with one attached hydrogen (secondary N) is 2. The van der Waals surface area contributed by atoms with Crippen molar-refractivity contribution in [3.63, 3.8) is 0 Å². The molecule has 0 spiro atoms. The Bertz CT molecular complexity index is 1670. The minimum Gasteiger partial charge on any atom is -0.495 e. The minimum atomic E-state index is -0.508. The van der Waals surface area contributed by atoms with Gasteiger partial charge in [0.2, 0.25) is 11.8 Å². The van der Waals surface area contributed by atoms with Crippen LogP contribution in [0.4, 0.5) is 22.7 Å². The number of non-ortho nitro benzene ring substituents is 2. The average molecular weight is 595 g/mol. The Hall–Kier alpha value is -6.30. The van der Waals surface area contributed by atoms with Crippen LogP contribution in [0.5, 0.6) is 11.5 Å². The highest BCUT2D eigenvalue weighted by molar-refractivity contribution is 6.04. The van der Waals surface area contributed by atoms with E-state index in [9.17, 15) is 29.8 Å². The first-order valence-electron chi connectivity index (χ1n) is 13.0. The summed E-state index contributed by atoms with van der Waals surface area (Å²) in [5, 5.41) is 27.4. The fourth-order valence-corrected chi connectivity index (χ4v) is 4.12. The molecule has 0 fully saturated rings. The first-order chi connectivity index (χ1) is 21.2. The summed E-state index contributed by atoms with van der Waals surface area (Å²) in [6, 6.07) is 22.2. The van der Waals surface area contributed by atoms with E-state index in [0.29, 0.717) is 34.0 Å². The van der Waals surface area contributed by atoms with E-state index in [1.807, 2.05) is 0 Å². The maximum atomic E-state index is 12.5. The first-order valence-corrected chi connectivity index (χ1v) is 13.0. The van der Waals surface area contributed by atoms with Gasteiger partial charge in [-0.05, 0) is 58.7 Å². The maximum absolute atomic E-state index is 12.5. The van der Waals surface area contributed by atoms with Crippen molar-refractivity contribution in [2.24, 2.45) is 0 Å². The van der Waals surface area contributed by atoms with Gasteiger partial charge >= 0.3 is 0 Å². The summed E-state index contributed by atoms with van der Waals surface area (Å²) in [6.07, 6.45) is 5.48. The molecular weight excluding hydrogens is 568 g/mol. The number of rotatable bonds is 11. The van der Waals surface area contributed by atoms with Crippen molar-refractivity contribution in [1.82, 2.24) is 0 Å². The third kappa shape index (κ3) is 7.91. The van der Waals surface area contributed by atoms with E-state index in [1.54, 1.807) is 48.5 Å². The number of nitro groups is 2. The van der Waals surface area contributed by atoms with Crippen molar-refractivity contribution in [2.75, 3.05) is 24.9 Å². The second kappa shape index (κ2) is 14.0. The lowest BCUT2D eigenvalue weighted by molar-refractivity contribution is -0.385. The third-order valence-corrected chi connectivity index (χ3v) is 6.27. The summed E-state index contributed by atoms with van der Waals surface area (Å²) < 4.78 is 11.0. The molecule has 0 bridgehead atoms.